The molecule has 88 valence electrons. The van der Waals surface area contributed by atoms with Crippen LogP contribution in [0.4, 0.5) is 0 Å². The molecule has 1 heterocycles. The van der Waals surface area contributed by atoms with E-state index in [1.807, 2.05) is 24.3 Å². The number of nitrogens with two attached hydrogens (primary N) is 1. The molecule has 0 saturated carbocycles. The molecule has 1 aromatic carbocycles. The molecule has 16 heavy (non-hydrogen) atoms. The number of hydrogen-bond acceptors (Lipinski definition) is 4. The molecule has 0 aromatic heterocycles. The van der Waals surface area contributed by atoms with E-state index in [1.165, 1.54) is 0 Å². The molecule has 0 fully saturated rings. The van der Waals surface area contributed by atoms with Crippen LogP contribution in [-0.4, -0.2) is 18.8 Å². The highest BCUT2D eigenvalue weighted by molar-refractivity contribution is 5.40. The van der Waals surface area contributed by atoms with Gasteiger partial charge in [0, 0.05) is 0 Å². The van der Waals surface area contributed by atoms with Crippen molar-refractivity contribution in [2.45, 2.75) is 31.9 Å². The molecule has 2 rings (SSSR count). The van der Waals surface area contributed by atoms with Gasteiger partial charge in [0.15, 0.2) is 11.5 Å². The Balaban J connectivity index is 2.06. The molecule has 0 bridgehead atoms. The summed E-state index contributed by atoms with van der Waals surface area (Å²) in [5.74, 6) is 7.14. The predicted octanol–water partition coefficient (Wildman–Crippen LogP) is 1.46. The van der Waals surface area contributed by atoms with Crippen molar-refractivity contribution in [2.24, 2.45) is 5.84 Å². The molecular formula is C12H18N2O2. The van der Waals surface area contributed by atoms with Crippen molar-refractivity contribution in [1.29, 1.82) is 0 Å². The van der Waals surface area contributed by atoms with Crippen LogP contribution in [0.5, 0.6) is 11.5 Å². The minimum absolute atomic E-state index is 0.0140. The minimum atomic E-state index is -0.0140. The van der Waals surface area contributed by atoms with Crippen LogP contribution in [0, 0.1) is 0 Å². The van der Waals surface area contributed by atoms with E-state index in [1.54, 1.807) is 0 Å². The molecule has 0 radical (unpaired) electrons. The minimum Gasteiger partial charge on any atom is -0.486 e. The van der Waals surface area contributed by atoms with Crippen molar-refractivity contribution >= 4 is 0 Å². The molecule has 4 nitrogen and oxygen atoms in total. The van der Waals surface area contributed by atoms with E-state index in [0.717, 1.165) is 24.3 Å². The van der Waals surface area contributed by atoms with Crippen molar-refractivity contribution in [1.82, 2.24) is 5.43 Å². The Kier molecular flexibility index (Phi) is 3.64. The van der Waals surface area contributed by atoms with Crippen LogP contribution in [0.3, 0.4) is 0 Å². The predicted molar refractivity (Wildman–Crippen MR) is 62.4 cm³/mol. The van der Waals surface area contributed by atoms with Crippen LogP contribution in [0.25, 0.3) is 0 Å². The second-order valence-electron chi connectivity index (χ2n) is 3.98. The van der Waals surface area contributed by atoms with E-state index in [4.69, 9.17) is 15.3 Å². The van der Waals surface area contributed by atoms with Gasteiger partial charge in [0.2, 0.25) is 0 Å². The smallest absolute Gasteiger partial charge is 0.161 e. The Bertz CT molecular complexity index is 344. The Morgan fingerprint density at radius 3 is 2.88 bits per heavy atom. The molecular weight excluding hydrogens is 204 g/mol. The summed E-state index contributed by atoms with van der Waals surface area (Å²) in [6.07, 6.45) is 2.03. The largest absolute Gasteiger partial charge is 0.486 e. The molecule has 1 aliphatic rings. The van der Waals surface area contributed by atoms with Crippen molar-refractivity contribution < 1.29 is 9.47 Å². The Hall–Kier alpha value is -1.26. The molecule has 2 atom stereocenters. The van der Waals surface area contributed by atoms with Crippen LogP contribution < -0.4 is 20.7 Å². The monoisotopic (exact) mass is 222 g/mol. The third kappa shape index (κ3) is 2.28. The van der Waals surface area contributed by atoms with Crippen molar-refractivity contribution in [3.63, 3.8) is 0 Å². The molecule has 4 heteroatoms. The molecule has 0 saturated heterocycles. The second kappa shape index (κ2) is 5.18. The number of para-hydroxylation sites is 2. The number of hydrazine groups is 1. The Morgan fingerprint density at radius 2 is 2.19 bits per heavy atom. The fourth-order valence-electron chi connectivity index (χ4n) is 1.92. The first-order chi connectivity index (χ1) is 7.85. The van der Waals surface area contributed by atoms with Crippen LogP contribution in [0.1, 0.15) is 19.8 Å². The molecule has 1 aliphatic heterocycles. The van der Waals surface area contributed by atoms with E-state index >= 15 is 0 Å². The number of hydrogen-bond donors (Lipinski definition) is 2. The van der Waals surface area contributed by atoms with E-state index in [9.17, 15) is 0 Å². The van der Waals surface area contributed by atoms with Crippen LogP contribution in [-0.2, 0) is 0 Å². The van der Waals surface area contributed by atoms with Gasteiger partial charge in [0.1, 0.15) is 12.7 Å². The quantitative estimate of drug-likeness (QED) is 0.598. The average Bonchev–Trinajstić information content (AvgIpc) is 2.35. The lowest BCUT2D eigenvalue weighted by Gasteiger charge is -2.31. The fourth-order valence-corrected chi connectivity index (χ4v) is 1.92. The topological polar surface area (TPSA) is 56.5 Å². The molecule has 3 N–H and O–H groups in total. The van der Waals surface area contributed by atoms with Gasteiger partial charge in [-0.15, -0.1) is 0 Å². The Labute approximate surface area is 95.7 Å². The van der Waals surface area contributed by atoms with Crippen molar-refractivity contribution in [3.8, 4) is 11.5 Å². The Morgan fingerprint density at radius 1 is 1.44 bits per heavy atom. The van der Waals surface area contributed by atoms with Crippen LogP contribution in [0.2, 0.25) is 0 Å². The van der Waals surface area contributed by atoms with E-state index in [0.29, 0.717) is 6.61 Å². The SMILES string of the molecule is CCCC(NN)C1COc2ccccc2O1. The summed E-state index contributed by atoms with van der Waals surface area (Å²) < 4.78 is 11.5. The summed E-state index contributed by atoms with van der Waals surface area (Å²) >= 11 is 0. The van der Waals surface area contributed by atoms with Gasteiger partial charge in [-0.1, -0.05) is 25.5 Å². The summed E-state index contributed by atoms with van der Waals surface area (Å²) in [5.41, 5.74) is 2.80. The van der Waals surface area contributed by atoms with Gasteiger partial charge in [-0.3, -0.25) is 11.3 Å². The van der Waals surface area contributed by atoms with E-state index in [-0.39, 0.29) is 12.1 Å². The summed E-state index contributed by atoms with van der Waals surface area (Å²) in [5, 5.41) is 0. The van der Waals surface area contributed by atoms with Crippen molar-refractivity contribution in [3.05, 3.63) is 24.3 Å². The maximum Gasteiger partial charge on any atom is 0.161 e. The van der Waals surface area contributed by atoms with Gasteiger partial charge in [0.25, 0.3) is 0 Å². The third-order valence-corrected chi connectivity index (χ3v) is 2.79. The highest BCUT2D eigenvalue weighted by Gasteiger charge is 2.27. The molecule has 0 aliphatic carbocycles. The molecule has 0 amide bonds. The van der Waals surface area contributed by atoms with Gasteiger partial charge in [-0.05, 0) is 18.6 Å². The average molecular weight is 222 g/mol. The normalized spacial score (nSPS) is 20.5. The fraction of sp³-hybridized carbons (Fsp3) is 0.500. The lowest BCUT2D eigenvalue weighted by molar-refractivity contribution is 0.0593. The van der Waals surface area contributed by atoms with Crippen LogP contribution >= 0.6 is 0 Å². The molecule has 2 unspecified atom stereocenters. The summed E-state index contributed by atoms with van der Waals surface area (Å²) in [6, 6.07) is 7.85. The summed E-state index contributed by atoms with van der Waals surface area (Å²) in [6.45, 7) is 2.67. The first-order valence-corrected chi connectivity index (χ1v) is 5.69. The summed E-state index contributed by atoms with van der Waals surface area (Å²) in [7, 11) is 0. The number of fused-ring (bicyclic) bond motifs is 1. The number of nitrogens with one attached hydrogen (secondary N) is 1. The maximum atomic E-state index is 5.87. The first kappa shape index (κ1) is 11.2. The highest BCUT2D eigenvalue weighted by Crippen LogP contribution is 2.31. The number of benzene rings is 1. The summed E-state index contributed by atoms with van der Waals surface area (Å²) in [4.78, 5) is 0. The zero-order chi connectivity index (χ0) is 11.4. The van der Waals surface area contributed by atoms with Crippen molar-refractivity contribution in [2.75, 3.05) is 6.61 Å². The lowest BCUT2D eigenvalue weighted by atomic mass is 10.1. The molecule has 0 spiro atoms. The standard InChI is InChI=1S/C12H18N2O2/c1-2-5-9(14-13)12-8-15-10-6-3-4-7-11(10)16-12/h3-4,6-7,9,12,14H,2,5,8,13H2,1H3. The van der Waals surface area contributed by atoms with Gasteiger partial charge >= 0.3 is 0 Å². The van der Waals surface area contributed by atoms with Gasteiger partial charge in [0.05, 0.1) is 6.04 Å². The van der Waals surface area contributed by atoms with E-state index < -0.39 is 0 Å². The van der Waals surface area contributed by atoms with Gasteiger partial charge in [-0.2, -0.15) is 0 Å². The van der Waals surface area contributed by atoms with Gasteiger partial charge < -0.3 is 9.47 Å². The van der Waals surface area contributed by atoms with Crippen LogP contribution in [0.15, 0.2) is 24.3 Å². The number of ether oxygens (including phenoxy) is 2. The second-order valence-corrected chi connectivity index (χ2v) is 3.98. The zero-order valence-electron chi connectivity index (χ0n) is 9.48. The van der Waals surface area contributed by atoms with E-state index in [2.05, 4.69) is 12.3 Å². The number of rotatable bonds is 4. The van der Waals surface area contributed by atoms with Gasteiger partial charge in [-0.25, -0.2) is 0 Å². The maximum absolute atomic E-state index is 5.87. The first-order valence-electron chi connectivity index (χ1n) is 5.69. The third-order valence-electron chi connectivity index (χ3n) is 2.79. The zero-order valence-corrected chi connectivity index (χ0v) is 9.48. The highest BCUT2D eigenvalue weighted by atomic mass is 16.6. The lowest BCUT2D eigenvalue weighted by Crippen LogP contribution is -2.50. The molecule has 1 aromatic rings.